The predicted molar refractivity (Wildman–Crippen MR) is 107 cm³/mol. The summed E-state index contributed by atoms with van der Waals surface area (Å²) in [5.41, 5.74) is 9.34. The van der Waals surface area contributed by atoms with Crippen LogP contribution in [0.4, 0.5) is 4.39 Å². The summed E-state index contributed by atoms with van der Waals surface area (Å²) in [6, 6.07) is 18.0. The fraction of sp³-hybridized carbons (Fsp3) is 0.208. The van der Waals surface area contributed by atoms with E-state index in [-0.39, 0.29) is 11.7 Å². The zero-order valence-electron chi connectivity index (χ0n) is 15.9. The molecule has 2 N–H and O–H groups in total. The zero-order chi connectivity index (χ0) is 20.2. The highest BCUT2D eigenvalue weighted by atomic mass is 19.1. The summed E-state index contributed by atoms with van der Waals surface area (Å²) >= 11 is 0. The first-order chi connectivity index (χ1) is 14.0. The third-order valence-corrected chi connectivity index (χ3v) is 5.98. The lowest BCUT2D eigenvalue weighted by Gasteiger charge is -2.31. The zero-order valence-corrected chi connectivity index (χ0v) is 15.9. The van der Waals surface area contributed by atoms with Crippen molar-refractivity contribution in [1.29, 1.82) is 0 Å². The van der Waals surface area contributed by atoms with Crippen LogP contribution in [-0.4, -0.2) is 13.0 Å². The van der Waals surface area contributed by atoms with Gasteiger partial charge < -0.3 is 15.2 Å². The van der Waals surface area contributed by atoms with Crippen LogP contribution in [0.15, 0.2) is 60.7 Å². The topological polar surface area (TPSA) is 61.5 Å². The first-order valence-electron chi connectivity index (χ1n) is 9.57. The van der Waals surface area contributed by atoms with Gasteiger partial charge >= 0.3 is 0 Å². The number of hydrogen-bond donors (Lipinski definition) is 1. The number of methoxy groups -OCH3 is 1. The van der Waals surface area contributed by atoms with Crippen molar-refractivity contribution in [1.82, 2.24) is 0 Å². The van der Waals surface area contributed by atoms with Crippen molar-refractivity contribution in [2.45, 2.75) is 24.4 Å². The maximum Gasteiger partial charge on any atom is 0.228 e. The normalized spacial score (nSPS) is 18.2. The van der Waals surface area contributed by atoms with E-state index >= 15 is 0 Å². The molecule has 0 saturated heterocycles. The maximum absolute atomic E-state index is 14.0. The molecule has 5 rings (SSSR count). The van der Waals surface area contributed by atoms with Crippen LogP contribution < -0.4 is 15.2 Å². The lowest BCUT2D eigenvalue weighted by atomic mass is 9.84. The Morgan fingerprint density at radius 1 is 1.14 bits per heavy atom. The number of carbonyl (C=O) groups excluding carboxylic acids is 1. The van der Waals surface area contributed by atoms with E-state index in [0.29, 0.717) is 17.1 Å². The fourth-order valence-corrected chi connectivity index (χ4v) is 4.26. The summed E-state index contributed by atoms with van der Waals surface area (Å²) in [5, 5.41) is 0. The molecule has 146 valence electrons. The standard InChI is InChI=1S/C24H20FNO3/c1-28-19-6-3-7-20-21(19)17-9-8-15(24(10-11-24)23(26)27)13-18(17)22(29-20)14-4-2-5-16(25)12-14/h2-9,12-13,22H,10-11H2,1H3,(H2,26,27). The van der Waals surface area contributed by atoms with Gasteiger partial charge in [0.05, 0.1) is 18.1 Å². The number of hydrogen-bond acceptors (Lipinski definition) is 3. The molecule has 1 aliphatic heterocycles. The molecular formula is C24H20FNO3. The number of amides is 1. The van der Waals surface area contributed by atoms with Crippen LogP contribution in [0.3, 0.4) is 0 Å². The quantitative estimate of drug-likeness (QED) is 0.715. The number of carbonyl (C=O) groups is 1. The molecule has 0 radical (unpaired) electrons. The number of nitrogens with two attached hydrogens (primary N) is 1. The van der Waals surface area contributed by atoms with Gasteiger partial charge in [0.25, 0.3) is 0 Å². The molecule has 1 heterocycles. The number of fused-ring (bicyclic) bond motifs is 3. The van der Waals surface area contributed by atoms with Crippen molar-refractivity contribution in [3.05, 3.63) is 83.2 Å². The average molecular weight is 389 g/mol. The van der Waals surface area contributed by atoms with E-state index in [9.17, 15) is 9.18 Å². The molecule has 1 amide bonds. The summed E-state index contributed by atoms with van der Waals surface area (Å²) in [6.45, 7) is 0. The Morgan fingerprint density at radius 3 is 2.62 bits per heavy atom. The minimum absolute atomic E-state index is 0.311. The molecule has 1 saturated carbocycles. The molecule has 0 bridgehead atoms. The van der Waals surface area contributed by atoms with E-state index in [4.69, 9.17) is 15.2 Å². The molecule has 29 heavy (non-hydrogen) atoms. The van der Waals surface area contributed by atoms with Crippen LogP contribution in [0.5, 0.6) is 11.5 Å². The highest BCUT2D eigenvalue weighted by Gasteiger charge is 2.50. The lowest BCUT2D eigenvalue weighted by Crippen LogP contribution is -2.28. The van der Waals surface area contributed by atoms with Crippen LogP contribution in [0.2, 0.25) is 0 Å². The van der Waals surface area contributed by atoms with Crippen LogP contribution in [-0.2, 0) is 10.2 Å². The lowest BCUT2D eigenvalue weighted by molar-refractivity contribution is -0.120. The maximum atomic E-state index is 14.0. The van der Waals surface area contributed by atoms with Gasteiger partial charge in [-0.25, -0.2) is 4.39 Å². The Hall–Kier alpha value is -3.34. The number of halogens is 1. The van der Waals surface area contributed by atoms with Crippen molar-refractivity contribution in [3.63, 3.8) is 0 Å². The van der Waals surface area contributed by atoms with Gasteiger partial charge in [0.2, 0.25) is 5.91 Å². The second kappa shape index (κ2) is 6.34. The van der Waals surface area contributed by atoms with Gasteiger partial charge in [-0.05, 0) is 53.8 Å². The van der Waals surface area contributed by atoms with E-state index in [1.165, 1.54) is 12.1 Å². The Kier molecular flexibility index (Phi) is 3.88. The third-order valence-electron chi connectivity index (χ3n) is 5.98. The van der Waals surface area contributed by atoms with Crippen molar-refractivity contribution in [2.75, 3.05) is 7.11 Å². The van der Waals surface area contributed by atoms with Crippen molar-refractivity contribution in [2.24, 2.45) is 5.73 Å². The fourth-order valence-electron chi connectivity index (χ4n) is 4.26. The molecule has 3 aromatic rings. The van der Waals surface area contributed by atoms with Crippen LogP contribution >= 0.6 is 0 Å². The summed E-state index contributed by atoms with van der Waals surface area (Å²) < 4.78 is 25.9. The van der Waals surface area contributed by atoms with Gasteiger partial charge in [-0.2, -0.15) is 0 Å². The van der Waals surface area contributed by atoms with E-state index in [2.05, 4.69) is 0 Å². The summed E-state index contributed by atoms with van der Waals surface area (Å²) in [6.07, 6.45) is 0.989. The van der Waals surface area contributed by atoms with Gasteiger partial charge in [-0.3, -0.25) is 4.79 Å². The van der Waals surface area contributed by atoms with Gasteiger partial charge in [0.15, 0.2) is 0 Å². The second-order valence-corrected chi connectivity index (χ2v) is 7.63. The number of ether oxygens (including phenoxy) is 2. The van der Waals surface area contributed by atoms with Crippen LogP contribution in [0, 0.1) is 5.82 Å². The smallest absolute Gasteiger partial charge is 0.228 e. The van der Waals surface area contributed by atoms with Crippen LogP contribution in [0.1, 0.15) is 35.6 Å². The van der Waals surface area contributed by atoms with Crippen molar-refractivity contribution in [3.8, 4) is 22.6 Å². The Labute approximate surface area is 168 Å². The highest BCUT2D eigenvalue weighted by Crippen LogP contribution is 2.53. The van der Waals surface area contributed by atoms with E-state index in [0.717, 1.165) is 35.1 Å². The summed E-state index contributed by atoms with van der Waals surface area (Å²) in [7, 11) is 1.62. The largest absolute Gasteiger partial charge is 0.496 e. The number of benzene rings is 3. The SMILES string of the molecule is COc1cccc2c1-c1ccc(C3(C(N)=O)CC3)cc1C(c1cccc(F)c1)O2. The third kappa shape index (κ3) is 2.69. The monoisotopic (exact) mass is 389 g/mol. The Balaban J connectivity index is 1.74. The molecule has 5 heteroatoms. The van der Waals surface area contributed by atoms with Crippen LogP contribution in [0.25, 0.3) is 11.1 Å². The van der Waals surface area contributed by atoms with E-state index in [1.807, 2.05) is 42.5 Å². The molecule has 3 aromatic carbocycles. The Bertz CT molecular complexity index is 1140. The summed E-state index contributed by atoms with van der Waals surface area (Å²) in [4.78, 5) is 12.1. The minimum Gasteiger partial charge on any atom is -0.496 e. The van der Waals surface area contributed by atoms with Crippen molar-refractivity contribution >= 4 is 5.91 Å². The van der Waals surface area contributed by atoms with Gasteiger partial charge in [0, 0.05) is 5.56 Å². The molecule has 0 spiro atoms. The van der Waals surface area contributed by atoms with Gasteiger partial charge in [-0.1, -0.05) is 36.4 Å². The number of primary amides is 1. The Morgan fingerprint density at radius 2 is 1.93 bits per heavy atom. The number of rotatable bonds is 4. The molecule has 1 unspecified atom stereocenters. The van der Waals surface area contributed by atoms with Gasteiger partial charge in [-0.15, -0.1) is 0 Å². The minimum atomic E-state index is -0.609. The molecular weight excluding hydrogens is 369 g/mol. The molecule has 0 aromatic heterocycles. The summed E-state index contributed by atoms with van der Waals surface area (Å²) in [5.74, 6) is 0.741. The van der Waals surface area contributed by atoms with Crippen molar-refractivity contribution < 1.29 is 18.7 Å². The van der Waals surface area contributed by atoms with E-state index < -0.39 is 11.5 Å². The second-order valence-electron chi connectivity index (χ2n) is 7.63. The molecule has 1 fully saturated rings. The predicted octanol–water partition coefficient (Wildman–Crippen LogP) is 4.50. The first kappa shape index (κ1) is 17.7. The molecule has 2 aliphatic rings. The molecule has 4 nitrogen and oxygen atoms in total. The highest BCUT2D eigenvalue weighted by molar-refractivity contribution is 5.91. The first-order valence-corrected chi connectivity index (χ1v) is 9.57. The van der Waals surface area contributed by atoms with Gasteiger partial charge in [0.1, 0.15) is 23.4 Å². The van der Waals surface area contributed by atoms with E-state index in [1.54, 1.807) is 13.2 Å². The molecule has 1 aliphatic carbocycles. The average Bonchev–Trinajstić information content (AvgIpc) is 3.54. The molecule has 1 atom stereocenters.